The van der Waals surface area contributed by atoms with E-state index in [-0.39, 0.29) is 0 Å². The van der Waals surface area contributed by atoms with E-state index < -0.39 is 10.0 Å². The van der Waals surface area contributed by atoms with Gasteiger partial charge in [0.2, 0.25) is 10.0 Å². The van der Waals surface area contributed by atoms with Crippen LogP contribution in [0.4, 0.5) is 0 Å². The molecule has 0 unspecified atom stereocenters. The summed E-state index contributed by atoms with van der Waals surface area (Å²) in [7, 11) is -1.74. The van der Waals surface area contributed by atoms with Gasteiger partial charge in [0, 0.05) is 25.0 Å². The monoisotopic (exact) mass is 392 g/mol. The first-order valence-corrected chi connectivity index (χ1v) is 11.2. The average Bonchev–Trinajstić information content (AvgIpc) is 2.69. The fourth-order valence-corrected chi connectivity index (χ4v) is 5.23. The van der Waals surface area contributed by atoms with Crippen molar-refractivity contribution in [3.05, 3.63) is 48.2 Å². The maximum absolute atomic E-state index is 12.6. The lowest BCUT2D eigenvalue weighted by Gasteiger charge is -2.25. The van der Waals surface area contributed by atoms with Crippen LogP contribution >= 0.6 is 11.8 Å². The molecule has 1 fully saturated rings. The van der Waals surface area contributed by atoms with Gasteiger partial charge in [-0.25, -0.2) is 13.4 Å². The molecule has 0 bridgehead atoms. The number of hydrogen-bond donors (Lipinski definition) is 0. The van der Waals surface area contributed by atoms with Crippen molar-refractivity contribution in [3.8, 4) is 5.75 Å². The van der Waals surface area contributed by atoms with Gasteiger partial charge in [-0.15, -0.1) is 11.8 Å². The van der Waals surface area contributed by atoms with Gasteiger partial charge in [-0.05, 0) is 49.1 Å². The van der Waals surface area contributed by atoms with Crippen molar-refractivity contribution >= 4 is 21.8 Å². The zero-order valence-electron chi connectivity index (χ0n) is 14.9. The molecule has 1 aliphatic rings. The molecule has 1 aromatic heterocycles. The summed E-state index contributed by atoms with van der Waals surface area (Å²) in [5.74, 6) is 1.74. The highest BCUT2D eigenvalue weighted by Crippen LogP contribution is 2.23. The summed E-state index contributed by atoms with van der Waals surface area (Å²) in [6, 6.07) is 11.5. The van der Waals surface area contributed by atoms with Crippen LogP contribution in [0.25, 0.3) is 0 Å². The van der Waals surface area contributed by atoms with Crippen LogP contribution in [0.15, 0.2) is 52.5 Å². The number of nitrogens with zero attached hydrogens (tertiary/aromatic N) is 2. The minimum Gasteiger partial charge on any atom is -0.497 e. The van der Waals surface area contributed by atoms with E-state index in [0.29, 0.717) is 18.0 Å². The second-order valence-electron chi connectivity index (χ2n) is 6.24. The number of sulfonamides is 1. The molecule has 0 amide bonds. The Hall–Kier alpha value is -1.57. The van der Waals surface area contributed by atoms with Gasteiger partial charge >= 0.3 is 0 Å². The van der Waals surface area contributed by atoms with E-state index in [1.807, 2.05) is 12.1 Å². The van der Waals surface area contributed by atoms with E-state index in [1.165, 1.54) is 11.8 Å². The van der Waals surface area contributed by atoms with Crippen LogP contribution in [-0.4, -0.2) is 43.7 Å². The summed E-state index contributed by atoms with van der Waals surface area (Å²) < 4.78 is 32.0. The highest BCUT2D eigenvalue weighted by molar-refractivity contribution is 7.99. The Morgan fingerprint density at radius 1 is 1.08 bits per heavy atom. The molecule has 1 saturated heterocycles. The predicted molar refractivity (Wildman–Crippen MR) is 104 cm³/mol. The molecular formula is C19H24N2O3S2. The number of aryl methyl sites for hydroxylation is 1. The number of methoxy groups -OCH3 is 1. The van der Waals surface area contributed by atoms with Crippen molar-refractivity contribution in [1.29, 1.82) is 0 Å². The Labute approximate surface area is 159 Å². The zero-order valence-corrected chi connectivity index (χ0v) is 16.6. The molecule has 7 heteroatoms. The molecule has 0 N–H and O–H groups in total. The summed E-state index contributed by atoms with van der Waals surface area (Å²) in [6.45, 7) is 1.22. The van der Waals surface area contributed by atoms with Gasteiger partial charge in [-0.3, -0.25) is 0 Å². The molecule has 0 atom stereocenters. The molecule has 140 valence electrons. The van der Waals surface area contributed by atoms with Crippen molar-refractivity contribution in [2.45, 2.75) is 35.6 Å². The van der Waals surface area contributed by atoms with E-state index in [2.05, 4.69) is 17.1 Å². The maximum Gasteiger partial charge on any atom is 0.244 e. The number of benzene rings is 1. The molecule has 3 rings (SSSR count). The smallest absolute Gasteiger partial charge is 0.244 e. The van der Waals surface area contributed by atoms with E-state index >= 15 is 0 Å². The molecule has 1 aromatic carbocycles. The molecule has 26 heavy (non-hydrogen) atoms. The summed E-state index contributed by atoms with van der Waals surface area (Å²) >= 11 is 1.63. The van der Waals surface area contributed by atoms with Crippen molar-refractivity contribution in [2.24, 2.45) is 0 Å². The normalized spacial score (nSPS) is 15.7. The molecule has 0 radical (unpaired) electrons. The van der Waals surface area contributed by atoms with Crippen molar-refractivity contribution in [3.63, 3.8) is 0 Å². The van der Waals surface area contributed by atoms with Gasteiger partial charge in [0.05, 0.1) is 12.1 Å². The van der Waals surface area contributed by atoms with E-state index in [1.54, 1.807) is 35.3 Å². The zero-order chi connectivity index (χ0) is 18.4. The highest BCUT2D eigenvalue weighted by atomic mass is 32.2. The van der Waals surface area contributed by atoms with Crippen molar-refractivity contribution in [2.75, 3.05) is 26.0 Å². The third-order valence-electron chi connectivity index (χ3n) is 4.46. The molecular weight excluding hydrogens is 368 g/mol. The number of thioether (sulfide) groups is 1. The van der Waals surface area contributed by atoms with Gasteiger partial charge in [-0.2, -0.15) is 4.31 Å². The lowest BCUT2D eigenvalue weighted by Crippen LogP contribution is -2.35. The average molecular weight is 393 g/mol. The Bertz CT molecular complexity index is 800. The van der Waals surface area contributed by atoms with Gasteiger partial charge in [-0.1, -0.05) is 18.6 Å². The first-order chi connectivity index (χ1) is 12.6. The van der Waals surface area contributed by atoms with E-state index in [9.17, 15) is 8.42 Å². The fraction of sp³-hybridized carbons (Fsp3) is 0.421. The van der Waals surface area contributed by atoms with Gasteiger partial charge in [0.1, 0.15) is 10.6 Å². The first-order valence-electron chi connectivity index (χ1n) is 8.81. The van der Waals surface area contributed by atoms with Crippen LogP contribution in [0.5, 0.6) is 5.75 Å². The number of hydrogen-bond acceptors (Lipinski definition) is 5. The van der Waals surface area contributed by atoms with Crippen LogP contribution in [0.2, 0.25) is 0 Å². The second-order valence-corrected chi connectivity index (χ2v) is 9.30. The maximum atomic E-state index is 12.6. The largest absolute Gasteiger partial charge is 0.497 e. The van der Waals surface area contributed by atoms with Gasteiger partial charge in [0.25, 0.3) is 0 Å². The number of piperidine rings is 1. The van der Waals surface area contributed by atoms with Crippen LogP contribution in [0, 0.1) is 0 Å². The SMILES string of the molecule is COc1ccc(CCSc2ccc(S(=O)(=O)N3CCCCC3)cn2)cc1. The minimum atomic E-state index is -3.40. The first kappa shape index (κ1) is 19.2. The molecule has 5 nitrogen and oxygen atoms in total. The Morgan fingerprint density at radius 3 is 2.42 bits per heavy atom. The Kier molecular flexibility index (Phi) is 6.56. The van der Waals surface area contributed by atoms with Crippen molar-refractivity contribution < 1.29 is 13.2 Å². The van der Waals surface area contributed by atoms with Crippen molar-refractivity contribution in [1.82, 2.24) is 9.29 Å². The quantitative estimate of drug-likeness (QED) is 0.674. The highest BCUT2D eigenvalue weighted by Gasteiger charge is 2.26. The Balaban J connectivity index is 1.55. The van der Waals surface area contributed by atoms with Crippen LogP contribution < -0.4 is 4.74 Å². The van der Waals surface area contributed by atoms with E-state index in [4.69, 9.17) is 4.74 Å². The second kappa shape index (κ2) is 8.88. The van der Waals surface area contributed by atoms with Crippen LogP contribution in [0.1, 0.15) is 24.8 Å². The lowest BCUT2D eigenvalue weighted by atomic mass is 10.2. The molecule has 0 saturated carbocycles. The van der Waals surface area contributed by atoms with Crippen LogP contribution in [-0.2, 0) is 16.4 Å². The number of rotatable bonds is 7. The molecule has 2 aromatic rings. The summed E-state index contributed by atoms with van der Waals surface area (Å²) in [5.41, 5.74) is 1.24. The molecule has 1 aliphatic heterocycles. The molecule has 0 spiro atoms. The summed E-state index contributed by atoms with van der Waals surface area (Å²) in [5, 5.41) is 0.844. The van der Waals surface area contributed by atoms with E-state index in [0.717, 1.165) is 42.2 Å². The topological polar surface area (TPSA) is 59.5 Å². The minimum absolute atomic E-state index is 0.291. The third kappa shape index (κ3) is 4.78. The third-order valence-corrected chi connectivity index (χ3v) is 7.29. The van der Waals surface area contributed by atoms with Gasteiger partial charge < -0.3 is 4.74 Å². The molecule has 2 heterocycles. The predicted octanol–water partition coefficient (Wildman–Crippen LogP) is 3.60. The number of ether oxygens (including phenoxy) is 1. The van der Waals surface area contributed by atoms with Gasteiger partial charge in [0.15, 0.2) is 0 Å². The number of pyridine rings is 1. The Morgan fingerprint density at radius 2 is 1.81 bits per heavy atom. The fourth-order valence-electron chi connectivity index (χ4n) is 2.92. The summed E-state index contributed by atoms with van der Waals surface area (Å²) in [6.07, 6.45) is 5.38. The number of aromatic nitrogens is 1. The lowest BCUT2D eigenvalue weighted by molar-refractivity contribution is 0.346. The molecule has 0 aliphatic carbocycles. The summed E-state index contributed by atoms with van der Waals surface area (Å²) in [4.78, 5) is 4.63. The standard InChI is InChI=1S/C19H24N2O3S2/c1-24-17-7-5-16(6-8-17)11-14-25-19-10-9-18(15-20-19)26(22,23)21-12-3-2-4-13-21/h5-10,15H,2-4,11-14H2,1H3. The van der Waals surface area contributed by atoms with Crippen LogP contribution in [0.3, 0.4) is 0 Å².